The zero-order valence-corrected chi connectivity index (χ0v) is 11.6. The molecule has 2 N–H and O–H groups in total. The molecule has 0 saturated heterocycles. The highest BCUT2D eigenvalue weighted by Crippen LogP contribution is 2.25. The Bertz CT molecular complexity index is 561. The van der Waals surface area contributed by atoms with Crippen LogP contribution < -0.4 is 10.1 Å². The number of methoxy groups -OCH3 is 1. The van der Waals surface area contributed by atoms with Gasteiger partial charge < -0.3 is 14.8 Å². The van der Waals surface area contributed by atoms with Crippen LogP contribution in [0, 0.1) is 0 Å². The highest BCUT2D eigenvalue weighted by molar-refractivity contribution is 5.64. The molecule has 1 aromatic heterocycles. The van der Waals surface area contributed by atoms with Gasteiger partial charge in [0.25, 0.3) is 0 Å². The number of nitrogens with one attached hydrogen (secondary N) is 2. The van der Waals surface area contributed by atoms with Gasteiger partial charge in [-0.15, -0.1) is 0 Å². The van der Waals surface area contributed by atoms with E-state index in [1.165, 1.54) is 6.07 Å². The normalized spacial score (nSPS) is 11.0. The second-order valence-electron chi connectivity index (χ2n) is 4.35. The molecule has 21 heavy (non-hydrogen) atoms. The van der Waals surface area contributed by atoms with Gasteiger partial charge in [-0.25, -0.2) is 0 Å². The van der Waals surface area contributed by atoms with Crippen LogP contribution >= 0.6 is 0 Å². The molecule has 7 heteroatoms. The summed E-state index contributed by atoms with van der Waals surface area (Å²) in [5.74, 6) is 0.121. The van der Waals surface area contributed by atoms with Crippen molar-refractivity contribution in [1.82, 2.24) is 15.5 Å². The van der Waals surface area contributed by atoms with Crippen LogP contribution in [-0.4, -0.2) is 37.1 Å². The van der Waals surface area contributed by atoms with Crippen molar-refractivity contribution in [2.75, 3.05) is 20.3 Å². The van der Waals surface area contributed by atoms with Gasteiger partial charge >= 0.3 is 6.61 Å². The van der Waals surface area contributed by atoms with Crippen molar-refractivity contribution < 1.29 is 18.3 Å². The van der Waals surface area contributed by atoms with Crippen LogP contribution in [0.4, 0.5) is 8.78 Å². The number of aromatic amines is 1. The Hall–Kier alpha value is -1.99. The van der Waals surface area contributed by atoms with Crippen molar-refractivity contribution in [2.45, 2.75) is 13.2 Å². The van der Waals surface area contributed by atoms with Crippen LogP contribution in [0.1, 0.15) is 5.56 Å². The van der Waals surface area contributed by atoms with Gasteiger partial charge in [-0.1, -0.05) is 12.1 Å². The summed E-state index contributed by atoms with van der Waals surface area (Å²) in [6.45, 7) is -0.896. The van der Waals surface area contributed by atoms with E-state index in [1.807, 2.05) is 6.07 Å². The number of benzene rings is 1. The Morgan fingerprint density at radius 1 is 1.38 bits per heavy atom. The number of ether oxygens (including phenoxy) is 2. The molecule has 0 aliphatic carbocycles. The number of aromatic nitrogens is 2. The Labute approximate surface area is 121 Å². The largest absolute Gasteiger partial charge is 0.435 e. The Morgan fingerprint density at radius 3 is 3.00 bits per heavy atom. The molecule has 0 atom stereocenters. The molecule has 0 fully saturated rings. The van der Waals surface area contributed by atoms with Gasteiger partial charge in [0.2, 0.25) is 0 Å². The van der Waals surface area contributed by atoms with E-state index in [1.54, 1.807) is 25.4 Å². The minimum Gasteiger partial charge on any atom is -0.435 e. The first-order valence-electron chi connectivity index (χ1n) is 6.48. The van der Waals surface area contributed by atoms with Gasteiger partial charge in [-0.3, -0.25) is 5.10 Å². The number of hydrogen-bond acceptors (Lipinski definition) is 4. The van der Waals surface area contributed by atoms with Crippen molar-refractivity contribution in [3.63, 3.8) is 0 Å². The van der Waals surface area contributed by atoms with Crippen LogP contribution in [0.5, 0.6) is 5.75 Å². The van der Waals surface area contributed by atoms with Crippen molar-refractivity contribution in [1.29, 1.82) is 0 Å². The van der Waals surface area contributed by atoms with Crippen LogP contribution in [0.3, 0.4) is 0 Å². The SMILES string of the molecule is COCCNCc1cn[nH]c1-c1cccc(OC(F)F)c1. The van der Waals surface area contributed by atoms with E-state index in [0.717, 1.165) is 23.4 Å². The number of H-pyrrole nitrogens is 1. The maximum Gasteiger partial charge on any atom is 0.387 e. The van der Waals surface area contributed by atoms with Crippen molar-refractivity contribution in [2.24, 2.45) is 0 Å². The number of hydrogen-bond donors (Lipinski definition) is 2. The van der Waals surface area contributed by atoms with Crippen molar-refractivity contribution in [3.8, 4) is 17.0 Å². The molecule has 2 aromatic rings. The van der Waals surface area contributed by atoms with Crippen molar-refractivity contribution >= 4 is 0 Å². The molecule has 0 saturated carbocycles. The Morgan fingerprint density at radius 2 is 2.24 bits per heavy atom. The number of rotatable bonds is 8. The molecule has 0 amide bonds. The molecule has 0 aliphatic heterocycles. The molecule has 2 rings (SSSR count). The summed E-state index contributed by atoms with van der Waals surface area (Å²) in [7, 11) is 1.64. The fraction of sp³-hybridized carbons (Fsp3) is 0.357. The number of alkyl halides is 2. The maximum absolute atomic E-state index is 12.2. The third-order valence-corrected chi connectivity index (χ3v) is 2.86. The van der Waals surface area contributed by atoms with Gasteiger partial charge in [-0.2, -0.15) is 13.9 Å². The predicted molar refractivity (Wildman–Crippen MR) is 74.2 cm³/mol. The highest BCUT2D eigenvalue weighted by atomic mass is 19.3. The average Bonchev–Trinajstić information content (AvgIpc) is 2.91. The lowest BCUT2D eigenvalue weighted by atomic mass is 10.1. The topological polar surface area (TPSA) is 59.2 Å². The van der Waals surface area contributed by atoms with E-state index < -0.39 is 6.61 Å². The lowest BCUT2D eigenvalue weighted by Crippen LogP contribution is -2.18. The zero-order chi connectivity index (χ0) is 15.1. The molecular formula is C14H17F2N3O2. The summed E-state index contributed by atoms with van der Waals surface area (Å²) in [6, 6.07) is 6.52. The summed E-state index contributed by atoms with van der Waals surface area (Å²) < 4.78 is 33.9. The first kappa shape index (κ1) is 15.4. The highest BCUT2D eigenvalue weighted by Gasteiger charge is 2.10. The van der Waals surface area contributed by atoms with E-state index in [2.05, 4.69) is 20.3 Å². The molecule has 1 aromatic carbocycles. The first-order valence-corrected chi connectivity index (χ1v) is 6.48. The monoisotopic (exact) mass is 297 g/mol. The predicted octanol–water partition coefficient (Wildman–Crippen LogP) is 2.41. The number of halogens is 2. The average molecular weight is 297 g/mol. The summed E-state index contributed by atoms with van der Waals surface area (Å²) in [4.78, 5) is 0. The Balaban J connectivity index is 2.09. The minimum absolute atomic E-state index is 0.121. The van der Waals surface area contributed by atoms with E-state index in [0.29, 0.717) is 13.2 Å². The molecule has 0 unspecified atom stereocenters. The molecule has 0 radical (unpaired) electrons. The quantitative estimate of drug-likeness (QED) is 0.735. The molecule has 0 bridgehead atoms. The van der Waals surface area contributed by atoms with Gasteiger partial charge in [0.1, 0.15) is 5.75 Å². The molecule has 0 aliphatic rings. The molecule has 0 spiro atoms. The van der Waals surface area contributed by atoms with Gasteiger partial charge in [0, 0.05) is 31.3 Å². The Kier molecular flexibility index (Phi) is 5.65. The molecule has 114 valence electrons. The van der Waals surface area contributed by atoms with Crippen molar-refractivity contribution in [3.05, 3.63) is 36.0 Å². The third kappa shape index (κ3) is 4.51. The second kappa shape index (κ2) is 7.70. The van der Waals surface area contributed by atoms with Gasteiger partial charge in [0.05, 0.1) is 18.5 Å². The van der Waals surface area contributed by atoms with Gasteiger partial charge in [0.15, 0.2) is 0 Å². The lowest BCUT2D eigenvalue weighted by Gasteiger charge is -2.08. The van der Waals surface area contributed by atoms with Crippen LogP contribution in [-0.2, 0) is 11.3 Å². The van der Waals surface area contributed by atoms with E-state index in [4.69, 9.17) is 4.74 Å². The van der Waals surface area contributed by atoms with E-state index >= 15 is 0 Å². The van der Waals surface area contributed by atoms with E-state index in [9.17, 15) is 8.78 Å². The number of nitrogens with zero attached hydrogens (tertiary/aromatic N) is 1. The fourth-order valence-electron chi connectivity index (χ4n) is 1.92. The lowest BCUT2D eigenvalue weighted by molar-refractivity contribution is -0.0498. The fourth-order valence-corrected chi connectivity index (χ4v) is 1.92. The summed E-state index contributed by atoms with van der Waals surface area (Å²) in [6.07, 6.45) is 1.70. The molecular weight excluding hydrogens is 280 g/mol. The molecule has 5 nitrogen and oxygen atoms in total. The van der Waals surface area contributed by atoms with Gasteiger partial charge in [-0.05, 0) is 12.1 Å². The van der Waals surface area contributed by atoms with Crippen LogP contribution in [0.15, 0.2) is 30.5 Å². The smallest absolute Gasteiger partial charge is 0.387 e. The maximum atomic E-state index is 12.2. The molecule has 1 heterocycles. The first-order chi connectivity index (χ1) is 10.2. The minimum atomic E-state index is -2.84. The second-order valence-corrected chi connectivity index (χ2v) is 4.35. The standard InChI is InChI=1S/C14H17F2N3O2/c1-20-6-5-17-8-11-9-18-19-13(11)10-3-2-4-12(7-10)21-14(15)16/h2-4,7,9,14,17H,5-6,8H2,1H3,(H,18,19). The van der Waals surface area contributed by atoms with E-state index in [-0.39, 0.29) is 5.75 Å². The summed E-state index contributed by atoms with van der Waals surface area (Å²) in [5.41, 5.74) is 2.47. The van der Waals surface area contributed by atoms with Crippen LogP contribution in [0.2, 0.25) is 0 Å². The third-order valence-electron chi connectivity index (χ3n) is 2.86. The summed E-state index contributed by atoms with van der Waals surface area (Å²) >= 11 is 0. The summed E-state index contributed by atoms with van der Waals surface area (Å²) in [5, 5.41) is 10.1. The van der Waals surface area contributed by atoms with Crippen LogP contribution in [0.25, 0.3) is 11.3 Å². The zero-order valence-electron chi connectivity index (χ0n) is 11.6.